The summed E-state index contributed by atoms with van der Waals surface area (Å²) in [5, 5.41) is 10.9. The third-order valence-electron chi connectivity index (χ3n) is 5.43. The first-order valence-electron chi connectivity index (χ1n) is 7.70. The maximum atomic E-state index is 10.9. The fraction of sp³-hybridized carbons (Fsp3) is 0.647. The Balaban J connectivity index is 1.84. The normalized spacial score (nSPS) is 29.2. The third kappa shape index (κ3) is 2.32. The molecule has 1 saturated carbocycles. The van der Waals surface area contributed by atoms with Crippen molar-refractivity contribution in [3.63, 3.8) is 0 Å². The first-order chi connectivity index (χ1) is 9.25. The van der Waals surface area contributed by atoms with Crippen molar-refractivity contribution in [1.29, 1.82) is 0 Å². The van der Waals surface area contributed by atoms with E-state index in [0.717, 1.165) is 19.3 Å². The average molecular weight is 259 g/mol. The number of rotatable bonds is 3. The molecular weight excluding hydrogens is 234 g/mol. The largest absolute Gasteiger partial charge is 0.392 e. The van der Waals surface area contributed by atoms with Crippen LogP contribution in [0.3, 0.4) is 0 Å². The summed E-state index contributed by atoms with van der Waals surface area (Å²) in [5.74, 6) is 0.480. The summed E-state index contributed by atoms with van der Waals surface area (Å²) in [7, 11) is 0. The minimum atomic E-state index is -0.214. The lowest BCUT2D eigenvalue weighted by Crippen LogP contribution is -2.48. The molecule has 2 unspecified atom stereocenters. The lowest BCUT2D eigenvalue weighted by molar-refractivity contribution is -0.0217. The van der Waals surface area contributed by atoms with E-state index in [4.69, 9.17) is 5.73 Å². The van der Waals surface area contributed by atoms with Crippen molar-refractivity contribution in [1.82, 2.24) is 0 Å². The van der Waals surface area contributed by atoms with E-state index >= 15 is 0 Å². The minimum Gasteiger partial charge on any atom is -0.392 e. The van der Waals surface area contributed by atoms with Crippen molar-refractivity contribution >= 4 is 0 Å². The Morgan fingerprint density at radius 2 is 1.89 bits per heavy atom. The molecule has 2 nitrogen and oxygen atoms in total. The predicted molar refractivity (Wildman–Crippen MR) is 77.9 cm³/mol. The zero-order valence-electron chi connectivity index (χ0n) is 11.6. The maximum Gasteiger partial charge on any atom is 0.0639 e. The molecule has 2 atom stereocenters. The van der Waals surface area contributed by atoms with Crippen LogP contribution < -0.4 is 5.73 Å². The molecule has 1 aromatic rings. The lowest BCUT2D eigenvalue weighted by Gasteiger charge is -2.43. The second kappa shape index (κ2) is 5.26. The molecule has 1 fully saturated rings. The maximum absolute atomic E-state index is 10.9. The van der Waals surface area contributed by atoms with Crippen LogP contribution in [0.5, 0.6) is 0 Å². The molecule has 1 aromatic carbocycles. The third-order valence-corrected chi connectivity index (χ3v) is 5.43. The van der Waals surface area contributed by atoms with Crippen molar-refractivity contribution < 1.29 is 5.11 Å². The highest BCUT2D eigenvalue weighted by molar-refractivity contribution is 5.31. The van der Waals surface area contributed by atoms with Crippen molar-refractivity contribution in [2.24, 2.45) is 17.1 Å². The van der Waals surface area contributed by atoms with Gasteiger partial charge in [0.15, 0.2) is 0 Å². The summed E-state index contributed by atoms with van der Waals surface area (Å²) in [6.07, 6.45) is 7.77. The van der Waals surface area contributed by atoms with Crippen LogP contribution in [-0.4, -0.2) is 17.8 Å². The van der Waals surface area contributed by atoms with Crippen molar-refractivity contribution in [3.05, 3.63) is 35.4 Å². The first-order valence-corrected chi connectivity index (χ1v) is 7.70. The van der Waals surface area contributed by atoms with E-state index < -0.39 is 0 Å². The van der Waals surface area contributed by atoms with Crippen LogP contribution in [0, 0.1) is 11.3 Å². The predicted octanol–water partition coefficient (Wildman–Crippen LogP) is 2.67. The van der Waals surface area contributed by atoms with Gasteiger partial charge < -0.3 is 10.8 Å². The van der Waals surface area contributed by atoms with Gasteiger partial charge in [-0.1, -0.05) is 37.1 Å². The molecule has 0 spiro atoms. The van der Waals surface area contributed by atoms with Gasteiger partial charge in [-0.25, -0.2) is 0 Å². The summed E-state index contributed by atoms with van der Waals surface area (Å²) in [6, 6.07) is 8.65. The second-order valence-corrected chi connectivity index (χ2v) is 6.50. The minimum absolute atomic E-state index is 0.0800. The molecule has 0 radical (unpaired) electrons. The smallest absolute Gasteiger partial charge is 0.0639 e. The van der Waals surface area contributed by atoms with E-state index in [9.17, 15) is 5.11 Å². The number of aliphatic hydroxyl groups excluding tert-OH is 1. The molecule has 3 N–H and O–H groups in total. The van der Waals surface area contributed by atoms with Crippen LogP contribution in [0.15, 0.2) is 24.3 Å². The Kier molecular flexibility index (Phi) is 3.64. The van der Waals surface area contributed by atoms with Gasteiger partial charge in [-0.2, -0.15) is 0 Å². The van der Waals surface area contributed by atoms with Crippen LogP contribution >= 0.6 is 0 Å². The topological polar surface area (TPSA) is 46.2 Å². The van der Waals surface area contributed by atoms with E-state index in [2.05, 4.69) is 24.3 Å². The van der Waals surface area contributed by atoms with Gasteiger partial charge in [0.25, 0.3) is 0 Å². The number of benzene rings is 1. The lowest BCUT2D eigenvalue weighted by atomic mass is 9.65. The monoisotopic (exact) mass is 259 g/mol. The molecule has 2 heteroatoms. The molecule has 19 heavy (non-hydrogen) atoms. The summed E-state index contributed by atoms with van der Waals surface area (Å²) < 4.78 is 0. The van der Waals surface area contributed by atoms with Gasteiger partial charge in [0, 0.05) is 12.0 Å². The van der Waals surface area contributed by atoms with Crippen LogP contribution in [0.4, 0.5) is 0 Å². The average Bonchev–Trinajstić information content (AvgIpc) is 3.00. The van der Waals surface area contributed by atoms with Gasteiger partial charge in [0.2, 0.25) is 0 Å². The molecule has 0 saturated heterocycles. The molecule has 3 rings (SSSR count). The van der Waals surface area contributed by atoms with Gasteiger partial charge in [-0.05, 0) is 49.1 Å². The van der Waals surface area contributed by atoms with E-state index in [-0.39, 0.29) is 11.5 Å². The number of aryl methyl sites for hydroxylation is 1. The van der Waals surface area contributed by atoms with Gasteiger partial charge in [-0.3, -0.25) is 0 Å². The van der Waals surface area contributed by atoms with Gasteiger partial charge in [0.05, 0.1) is 6.10 Å². The Labute approximate surface area is 116 Å². The van der Waals surface area contributed by atoms with E-state index in [1.54, 1.807) is 0 Å². The highest BCUT2D eigenvalue weighted by atomic mass is 16.3. The summed E-state index contributed by atoms with van der Waals surface area (Å²) in [4.78, 5) is 0. The molecule has 0 heterocycles. The second-order valence-electron chi connectivity index (χ2n) is 6.50. The Hall–Kier alpha value is -0.860. The molecule has 0 aliphatic heterocycles. The number of nitrogens with two attached hydrogens (primary N) is 1. The van der Waals surface area contributed by atoms with Crippen LogP contribution in [0.2, 0.25) is 0 Å². The van der Waals surface area contributed by atoms with Crippen LogP contribution in [0.25, 0.3) is 0 Å². The molecule has 2 aliphatic rings. The number of fused-ring (bicyclic) bond motifs is 1. The number of hydrogen-bond donors (Lipinski definition) is 2. The van der Waals surface area contributed by atoms with Crippen molar-refractivity contribution in [3.8, 4) is 0 Å². The Morgan fingerprint density at radius 1 is 1.21 bits per heavy atom. The molecule has 0 bridgehead atoms. The Morgan fingerprint density at radius 3 is 2.58 bits per heavy atom. The first kappa shape index (κ1) is 13.1. The van der Waals surface area contributed by atoms with Gasteiger partial charge >= 0.3 is 0 Å². The zero-order chi connectivity index (χ0) is 13.3. The highest BCUT2D eigenvalue weighted by Gasteiger charge is 2.43. The van der Waals surface area contributed by atoms with Crippen molar-refractivity contribution in [2.75, 3.05) is 6.54 Å². The fourth-order valence-corrected chi connectivity index (χ4v) is 4.15. The summed E-state index contributed by atoms with van der Waals surface area (Å²) in [6.45, 7) is 0.610. The molecular formula is C17H25NO. The van der Waals surface area contributed by atoms with E-state index in [1.165, 1.54) is 36.8 Å². The van der Waals surface area contributed by atoms with Gasteiger partial charge in [-0.15, -0.1) is 0 Å². The SMILES string of the molecule is NCC1(C(O)C2CCCC2)CCc2ccccc2C1. The van der Waals surface area contributed by atoms with E-state index in [0.29, 0.717) is 12.5 Å². The Bertz CT molecular complexity index is 439. The summed E-state index contributed by atoms with van der Waals surface area (Å²) >= 11 is 0. The fourth-order valence-electron chi connectivity index (χ4n) is 4.15. The number of hydrogen-bond acceptors (Lipinski definition) is 2. The van der Waals surface area contributed by atoms with E-state index in [1.807, 2.05) is 0 Å². The zero-order valence-corrected chi connectivity index (χ0v) is 11.6. The van der Waals surface area contributed by atoms with Crippen LogP contribution in [-0.2, 0) is 12.8 Å². The highest BCUT2D eigenvalue weighted by Crippen LogP contribution is 2.43. The molecule has 0 amide bonds. The quantitative estimate of drug-likeness (QED) is 0.876. The van der Waals surface area contributed by atoms with Crippen LogP contribution in [0.1, 0.15) is 43.2 Å². The molecule has 0 aromatic heterocycles. The van der Waals surface area contributed by atoms with Crippen molar-refractivity contribution in [2.45, 2.75) is 51.0 Å². The number of aliphatic hydroxyl groups is 1. The molecule has 104 valence electrons. The summed E-state index contributed by atoms with van der Waals surface area (Å²) in [5.41, 5.74) is 8.87. The molecule has 2 aliphatic carbocycles. The van der Waals surface area contributed by atoms with Gasteiger partial charge in [0.1, 0.15) is 0 Å². The standard InChI is InChI=1S/C17H25NO/c18-12-17(16(19)14-6-2-3-7-14)10-9-13-5-1-4-8-15(13)11-17/h1,4-5,8,14,16,19H,2-3,6-7,9-12,18H2.